The van der Waals surface area contributed by atoms with Gasteiger partial charge >= 0.3 is 6.03 Å². The number of carbonyl (C=O) groups is 1. The number of amides is 2. The van der Waals surface area contributed by atoms with E-state index in [1.807, 2.05) is 36.2 Å². The number of urea groups is 1. The minimum Gasteiger partial charge on any atom is -0.486 e. The molecule has 0 aliphatic carbocycles. The fourth-order valence-electron chi connectivity index (χ4n) is 4.20. The summed E-state index contributed by atoms with van der Waals surface area (Å²) in [6, 6.07) is 5.66. The second-order valence-corrected chi connectivity index (χ2v) is 6.97. The minimum absolute atomic E-state index is 0.0570. The van der Waals surface area contributed by atoms with Crippen LogP contribution in [-0.4, -0.2) is 40.2 Å². The molecule has 0 saturated carbocycles. The topological polar surface area (TPSA) is 76.6 Å². The highest BCUT2D eigenvalue weighted by atomic mass is 16.6. The Hall–Kier alpha value is -2.83. The average molecular weight is 352 g/mol. The zero-order valence-electron chi connectivity index (χ0n) is 14.6. The van der Waals surface area contributed by atoms with Gasteiger partial charge in [-0.2, -0.15) is 0 Å². The number of benzene rings is 1. The molecule has 2 atom stereocenters. The van der Waals surface area contributed by atoms with E-state index in [0.717, 1.165) is 36.3 Å². The molecule has 134 valence electrons. The molecule has 2 amide bonds. The highest BCUT2D eigenvalue weighted by Crippen LogP contribution is 2.43. The fourth-order valence-corrected chi connectivity index (χ4v) is 4.20. The summed E-state index contributed by atoms with van der Waals surface area (Å²) >= 11 is 0. The van der Waals surface area contributed by atoms with Crippen molar-refractivity contribution in [3.8, 4) is 11.5 Å². The Bertz CT molecular complexity index is 885. The summed E-state index contributed by atoms with van der Waals surface area (Å²) in [6.45, 7) is 2.98. The smallest absolute Gasteiger partial charge is 0.322 e. The summed E-state index contributed by atoms with van der Waals surface area (Å²) in [5, 5.41) is 3.02. The molecule has 1 saturated heterocycles. The summed E-state index contributed by atoms with van der Waals surface area (Å²) in [6.07, 6.45) is 4.63. The van der Waals surface area contributed by atoms with Crippen LogP contribution in [0.1, 0.15) is 36.0 Å². The molecule has 0 radical (unpaired) electrons. The van der Waals surface area contributed by atoms with Crippen molar-refractivity contribution in [1.29, 1.82) is 0 Å². The highest BCUT2D eigenvalue weighted by molar-refractivity contribution is 5.90. The van der Waals surface area contributed by atoms with Crippen molar-refractivity contribution in [1.82, 2.24) is 14.9 Å². The van der Waals surface area contributed by atoms with Gasteiger partial charge in [-0.25, -0.2) is 14.8 Å². The number of fused-ring (bicyclic) bond motifs is 5. The normalized spacial score (nSPS) is 22.7. The van der Waals surface area contributed by atoms with Crippen LogP contribution >= 0.6 is 0 Å². The van der Waals surface area contributed by atoms with Crippen LogP contribution in [0, 0.1) is 6.92 Å². The molecule has 7 heteroatoms. The van der Waals surface area contributed by atoms with Crippen molar-refractivity contribution in [2.75, 3.05) is 18.5 Å². The van der Waals surface area contributed by atoms with Crippen LogP contribution in [0.3, 0.4) is 0 Å². The number of aromatic nitrogens is 2. The van der Waals surface area contributed by atoms with E-state index in [9.17, 15) is 4.79 Å². The number of hydrogen-bond acceptors (Lipinski definition) is 5. The van der Waals surface area contributed by atoms with Crippen molar-refractivity contribution in [2.45, 2.75) is 38.3 Å². The molecule has 3 aliphatic rings. The van der Waals surface area contributed by atoms with E-state index < -0.39 is 0 Å². The van der Waals surface area contributed by atoms with Crippen LogP contribution in [0.5, 0.6) is 11.5 Å². The molecule has 2 bridgehead atoms. The standard InChI is InChI=1S/C19H20N4O3/c1-11-20-10-14-15(21-11)9-13-3-4-16(14)23(13)19(24)22-12-2-5-17-18(8-12)26-7-6-25-17/h2,5,8,10,13,16H,3-4,6-7,9H2,1H3,(H,22,24). The van der Waals surface area contributed by atoms with E-state index in [1.54, 1.807) is 0 Å². The highest BCUT2D eigenvalue weighted by Gasteiger charge is 2.43. The van der Waals surface area contributed by atoms with Crippen molar-refractivity contribution in [3.63, 3.8) is 0 Å². The van der Waals surface area contributed by atoms with E-state index in [0.29, 0.717) is 30.4 Å². The Kier molecular flexibility index (Phi) is 3.48. The van der Waals surface area contributed by atoms with Gasteiger partial charge in [-0.15, -0.1) is 0 Å². The second kappa shape index (κ2) is 5.86. The molecule has 1 fully saturated rings. The van der Waals surface area contributed by atoms with Crippen LogP contribution in [0.25, 0.3) is 0 Å². The van der Waals surface area contributed by atoms with Crippen molar-refractivity contribution in [3.05, 3.63) is 41.5 Å². The molecular weight excluding hydrogens is 332 g/mol. The van der Waals surface area contributed by atoms with E-state index in [2.05, 4.69) is 15.3 Å². The van der Waals surface area contributed by atoms with Gasteiger partial charge in [0, 0.05) is 36.0 Å². The molecule has 7 nitrogen and oxygen atoms in total. The SMILES string of the molecule is Cc1ncc2c(n1)CC1CCC2N1C(=O)Nc1ccc2c(c1)OCCO2. The van der Waals surface area contributed by atoms with E-state index in [1.165, 1.54) is 0 Å². The lowest BCUT2D eigenvalue weighted by molar-refractivity contribution is 0.171. The van der Waals surface area contributed by atoms with Crippen LogP contribution in [-0.2, 0) is 6.42 Å². The largest absolute Gasteiger partial charge is 0.486 e. The predicted molar refractivity (Wildman–Crippen MR) is 94.5 cm³/mol. The van der Waals surface area contributed by atoms with Crippen LogP contribution in [0.15, 0.2) is 24.4 Å². The maximum absolute atomic E-state index is 13.0. The summed E-state index contributed by atoms with van der Waals surface area (Å²) in [5.41, 5.74) is 2.89. The zero-order chi connectivity index (χ0) is 17.7. The van der Waals surface area contributed by atoms with Gasteiger partial charge in [-0.05, 0) is 31.9 Å². The monoisotopic (exact) mass is 352 g/mol. The van der Waals surface area contributed by atoms with E-state index in [-0.39, 0.29) is 18.1 Å². The third kappa shape index (κ3) is 2.46. The fraction of sp³-hybridized carbons (Fsp3) is 0.421. The molecule has 4 heterocycles. The molecular formula is C19H20N4O3. The third-order valence-electron chi connectivity index (χ3n) is 5.34. The van der Waals surface area contributed by atoms with E-state index in [4.69, 9.17) is 9.47 Å². The number of aryl methyl sites for hydroxylation is 1. The Morgan fingerprint density at radius 1 is 1.23 bits per heavy atom. The maximum Gasteiger partial charge on any atom is 0.322 e. The lowest BCUT2D eigenvalue weighted by atomic mass is 9.99. The number of ether oxygens (including phenoxy) is 2. The lowest BCUT2D eigenvalue weighted by Gasteiger charge is -2.35. The number of carbonyl (C=O) groups excluding carboxylic acids is 1. The van der Waals surface area contributed by atoms with Crippen LogP contribution in [0.4, 0.5) is 10.5 Å². The first kappa shape index (κ1) is 15.4. The van der Waals surface area contributed by atoms with Gasteiger partial charge < -0.3 is 19.7 Å². The Morgan fingerprint density at radius 2 is 2.08 bits per heavy atom. The lowest BCUT2D eigenvalue weighted by Crippen LogP contribution is -2.44. The summed E-state index contributed by atoms with van der Waals surface area (Å²) < 4.78 is 11.1. The third-order valence-corrected chi connectivity index (χ3v) is 5.34. The Balaban J connectivity index is 1.39. The van der Waals surface area contributed by atoms with Crippen molar-refractivity contribution < 1.29 is 14.3 Å². The zero-order valence-corrected chi connectivity index (χ0v) is 14.6. The Morgan fingerprint density at radius 3 is 2.96 bits per heavy atom. The maximum atomic E-state index is 13.0. The molecule has 26 heavy (non-hydrogen) atoms. The van der Waals surface area contributed by atoms with Crippen molar-refractivity contribution in [2.24, 2.45) is 0 Å². The van der Waals surface area contributed by atoms with Crippen molar-refractivity contribution >= 4 is 11.7 Å². The molecule has 0 spiro atoms. The van der Waals surface area contributed by atoms with Gasteiger partial charge in [0.05, 0.1) is 11.7 Å². The number of nitrogens with one attached hydrogen (secondary N) is 1. The van der Waals surface area contributed by atoms with Crippen LogP contribution < -0.4 is 14.8 Å². The Labute approximate surface area is 151 Å². The number of rotatable bonds is 1. The summed E-state index contributed by atoms with van der Waals surface area (Å²) in [7, 11) is 0. The second-order valence-electron chi connectivity index (χ2n) is 6.97. The predicted octanol–water partition coefficient (Wildman–Crippen LogP) is 2.85. The molecule has 5 rings (SSSR count). The molecule has 3 aliphatic heterocycles. The number of nitrogens with zero attached hydrogens (tertiary/aromatic N) is 3. The first-order valence-corrected chi connectivity index (χ1v) is 9.00. The first-order valence-electron chi connectivity index (χ1n) is 9.00. The molecule has 1 aromatic carbocycles. The summed E-state index contributed by atoms with van der Waals surface area (Å²) in [5.74, 6) is 2.18. The van der Waals surface area contributed by atoms with Gasteiger partial charge in [0.2, 0.25) is 0 Å². The molecule has 2 aromatic rings. The van der Waals surface area contributed by atoms with Gasteiger partial charge in [0.25, 0.3) is 0 Å². The van der Waals surface area contributed by atoms with Gasteiger partial charge in [0.1, 0.15) is 19.0 Å². The minimum atomic E-state index is -0.0830. The quantitative estimate of drug-likeness (QED) is 0.854. The molecule has 1 N–H and O–H groups in total. The van der Waals surface area contributed by atoms with Gasteiger partial charge in [-0.1, -0.05) is 0 Å². The van der Waals surface area contributed by atoms with Crippen LogP contribution in [0.2, 0.25) is 0 Å². The van der Waals surface area contributed by atoms with Gasteiger partial charge in [-0.3, -0.25) is 0 Å². The number of anilines is 1. The number of hydrogen-bond donors (Lipinski definition) is 1. The van der Waals surface area contributed by atoms with Gasteiger partial charge in [0.15, 0.2) is 11.5 Å². The molecule has 1 aromatic heterocycles. The summed E-state index contributed by atoms with van der Waals surface area (Å²) in [4.78, 5) is 23.8. The molecule has 2 unspecified atom stereocenters. The van der Waals surface area contributed by atoms with E-state index >= 15 is 0 Å². The first-order chi connectivity index (χ1) is 12.7. The average Bonchev–Trinajstić information content (AvgIpc) is 2.97.